The van der Waals surface area contributed by atoms with Crippen LogP contribution in [-0.4, -0.2) is 84.9 Å². The number of amides is 2. The minimum atomic E-state index is -0.738. The molecule has 2 aliphatic rings. The fourth-order valence-corrected chi connectivity index (χ4v) is 7.29. The number of piperidine rings is 1. The largest absolute Gasteiger partial charge is 0.325 e. The van der Waals surface area contributed by atoms with Crippen molar-refractivity contribution < 1.29 is 18.8 Å². The average molecular weight is 678 g/mol. The van der Waals surface area contributed by atoms with Crippen LogP contribution in [0.5, 0.6) is 0 Å². The topological polar surface area (TPSA) is 126 Å². The number of ketones is 1. The van der Waals surface area contributed by atoms with Crippen molar-refractivity contribution in [2.24, 2.45) is 11.3 Å². The molecule has 1 saturated carbocycles. The Morgan fingerprint density at radius 1 is 1.13 bits per heavy atom. The summed E-state index contributed by atoms with van der Waals surface area (Å²) in [4.78, 5) is 57.1. The summed E-state index contributed by atoms with van der Waals surface area (Å²) in [7, 11) is 3.96. The Morgan fingerprint density at radius 2 is 1.84 bits per heavy atom. The Balaban J connectivity index is 1.35. The molecule has 45 heavy (non-hydrogen) atoms. The van der Waals surface area contributed by atoms with Crippen molar-refractivity contribution in [1.82, 2.24) is 34.5 Å². The number of likely N-dealkylation sites (tertiary alicyclic amines) is 1. The summed E-state index contributed by atoms with van der Waals surface area (Å²) < 4.78 is 18.0. The lowest BCUT2D eigenvalue weighted by atomic mass is 9.95. The summed E-state index contributed by atoms with van der Waals surface area (Å²) in [6.07, 6.45) is 3.54. The van der Waals surface area contributed by atoms with E-state index < -0.39 is 17.6 Å². The highest BCUT2D eigenvalue weighted by Crippen LogP contribution is 2.64. The highest BCUT2D eigenvalue weighted by molar-refractivity contribution is 9.10. The molecule has 2 unspecified atom stereocenters. The van der Waals surface area contributed by atoms with Crippen LogP contribution in [0.25, 0.3) is 22.0 Å². The molecular formula is C32H34BrFN8O3. The van der Waals surface area contributed by atoms with Gasteiger partial charge in [-0.05, 0) is 80.0 Å². The van der Waals surface area contributed by atoms with Crippen molar-refractivity contribution in [1.29, 1.82) is 0 Å². The van der Waals surface area contributed by atoms with E-state index in [9.17, 15) is 14.4 Å². The Bertz CT molecular complexity index is 1860. The van der Waals surface area contributed by atoms with E-state index in [0.29, 0.717) is 33.7 Å². The number of nitrogens with zero attached hydrogens (tertiary/aromatic N) is 7. The number of pyridine rings is 1. The number of anilines is 1. The molecule has 6 rings (SSSR count). The van der Waals surface area contributed by atoms with Crippen LogP contribution in [0.2, 0.25) is 0 Å². The van der Waals surface area contributed by atoms with Crippen LogP contribution in [0.1, 0.15) is 42.1 Å². The number of hydrogen-bond acceptors (Lipinski definition) is 8. The zero-order chi connectivity index (χ0) is 32.4. The van der Waals surface area contributed by atoms with Crippen molar-refractivity contribution in [3.63, 3.8) is 0 Å². The van der Waals surface area contributed by atoms with E-state index >= 15 is 4.39 Å². The summed E-state index contributed by atoms with van der Waals surface area (Å²) in [5.74, 6) is -0.574. The van der Waals surface area contributed by atoms with Gasteiger partial charge in [0.2, 0.25) is 11.8 Å². The lowest BCUT2D eigenvalue weighted by Crippen LogP contribution is -2.47. The zero-order valence-corrected chi connectivity index (χ0v) is 27.5. The van der Waals surface area contributed by atoms with Crippen LogP contribution < -0.4 is 5.32 Å². The Kier molecular flexibility index (Phi) is 7.80. The normalized spacial score (nSPS) is 22.2. The molecule has 0 radical (unpaired) electrons. The van der Waals surface area contributed by atoms with Crippen molar-refractivity contribution in [3.05, 3.63) is 64.2 Å². The fourth-order valence-electron chi connectivity index (χ4n) is 6.98. The lowest BCUT2D eigenvalue weighted by molar-refractivity contribution is -0.138. The molecule has 0 bridgehead atoms. The van der Waals surface area contributed by atoms with Gasteiger partial charge in [-0.15, -0.1) is 0 Å². The van der Waals surface area contributed by atoms with Gasteiger partial charge in [0, 0.05) is 48.4 Å². The standard InChI is InChI=1S/C32H34BrFN8O3/c1-16-7-10-24(33)37-30(16)38-31(45)23-11-32(15-40(5)6)17(2)29(32)42(23)25(44)14-41-22-9-8-21(20-12-35-19(4)36-13-20)27(34)26(22)28(39-41)18(3)43/h7-10,12-13,17,23,29H,11,14-15H2,1-6H3,(H,37,38,45)/t17?,23-,29?,32-/m0/s1. The summed E-state index contributed by atoms with van der Waals surface area (Å²) in [6.45, 7) is 7.45. The van der Waals surface area contributed by atoms with E-state index in [2.05, 4.69) is 53.1 Å². The second-order valence-corrected chi connectivity index (χ2v) is 13.2. The van der Waals surface area contributed by atoms with Crippen LogP contribution >= 0.6 is 15.9 Å². The molecule has 1 aromatic carbocycles. The smallest absolute Gasteiger partial charge is 0.248 e. The predicted molar refractivity (Wildman–Crippen MR) is 170 cm³/mol. The first-order valence-electron chi connectivity index (χ1n) is 14.7. The SMILES string of the molecule is CC(=O)c1nn(CC(=O)N2C3C(C)[C@@]3(CN(C)C)C[C@H]2C(=O)Nc2nc(Br)ccc2C)c2ccc(-c3cnc(C)nc3)c(F)c12. The van der Waals surface area contributed by atoms with Gasteiger partial charge in [0.15, 0.2) is 5.78 Å². The number of carbonyl (C=O) groups is 3. The number of hydrogen-bond donors (Lipinski definition) is 1. The molecule has 4 atom stereocenters. The van der Waals surface area contributed by atoms with E-state index in [1.54, 1.807) is 30.0 Å². The van der Waals surface area contributed by atoms with Crippen LogP contribution in [0.4, 0.5) is 10.2 Å². The van der Waals surface area contributed by atoms with Gasteiger partial charge in [0.05, 0.1) is 10.9 Å². The van der Waals surface area contributed by atoms with Gasteiger partial charge < -0.3 is 15.1 Å². The molecule has 234 valence electrons. The van der Waals surface area contributed by atoms with Gasteiger partial charge in [-0.3, -0.25) is 19.1 Å². The second kappa shape index (κ2) is 11.4. The van der Waals surface area contributed by atoms with Gasteiger partial charge in [0.1, 0.15) is 40.3 Å². The van der Waals surface area contributed by atoms with Crippen LogP contribution in [0.15, 0.2) is 41.3 Å². The minimum absolute atomic E-state index is 0.0297. The summed E-state index contributed by atoms with van der Waals surface area (Å²) in [5.41, 5.74) is 1.47. The van der Waals surface area contributed by atoms with E-state index in [4.69, 9.17) is 0 Å². The number of fused-ring (bicyclic) bond motifs is 2. The maximum atomic E-state index is 16.0. The number of aromatic nitrogens is 5. The number of rotatable bonds is 8. The third kappa shape index (κ3) is 5.31. The summed E-state index contributed by atoms with van der Waals surface area (Å²) in [5, 5.41) is 7.38. The van der Waals surface area contributed by atoms with Crippen LogP contribution in [0, 0.1) is 31.0 Å². The zero-order valence-electron chi connectivity index (χ0n) is 25.9. The monoisotopic (exact) mass is 676 g/mol. The summed E-state index contributed by atoms with van der Waals surface area (Å²) in [6, 6.07) is 5.97. The van der Waals surface area contributed by atoms with Crippen molar-refractivity contribution in [3.8, 4) is 11.1 Å². The van der Waals surface area contributed by atoms with Crippen molar-refractivity contribution >= 4 is 50.2 Å². The second-order valence-electron chi connectivity index (χ2n) is 12.4. The van der Waals surface area contributed by atoms with Gasteiger partial charge in [-0.25, -0.2) is 19.3 Å². The number of halogens is 2. The molecular weight excluding hydrogens is 643 g/mol. The van der Waals surface area contributed by atoms with Crippen molar-refractivity contribution in [2.75, 3.05) is 26.0 Å². The fraction of sp³-hybridized carbons (Fsp3) is 0.406. The third-order valence-electron chi connectivity index (χ3n) is 9.14. The minimum Gasteiger partial charge on any atom is -0.325 e. The number of aryl methyl sites for hydroxylation is 2. The quantitative estimate of drug-likeness (QED) is 0.215. The first kappa shape index (κ1) is 30.9. The predicted octanol–water partition coefficient (Wildman–Crippen LogP) is 4.42. The molecule has 2 fully saturated rings. The molecule has 4 heterocycles. The van der Waals surface area contributed by atoms with Crippen LogP contribution in [0.3, 0.4) is 0 Å². The van der Waals surface area contributed by atoms with E-state index in [0.717, 1.165) is 12.1 Å². The molecule has 0 spiro atoms. The van der Waals surface area contributed by atoms with Gasteiger partial charge >= 0.3 is 0 Å². The molecule has 1 aliphatic heterocycles. The number of nitrogens with one attached hydrogen (secondary N) is 1. The number of benzene rings is 1. The van der Waals surface area contributed by atoms with Gasteiger partial charge in [-0.2, -0.15) is 5.10 Å². The maximum Gasteiger partial charge on any atom is 0.248 e. The van der Waals surface area contributed by atoms with E-state index in [-0.39, 0.29) is 52.4 Å². The molecule has 3 aromatic heterocycles. The van der Waals surface area contributed by atoms with Crippen LogP contribution in [-0.2, 0) is 16.1 Å². The number of Topliss-reactive ketones (excluding diaryl/α,β-unsaturated/α-hetero) is 1. The summed E-state index contributed by atoms with van der Waals surface area (Å²) >= 11 is 3.36. The first-order valence-corrected chi connectivity index (χ1v) is 15.5. The first-order chi connectivity index (χ1) is 21.3. The highest BCUT2D eigenvalue weighted by atomic mass is 79.9. The molecule has 1 N–H and O–H groups in total. The third-order valence-corrected chi connectivity index (χ3v) is 9.58. The maximum absolute atomic E-state index is 16.0. The Labute approximate surface area is 268 Å². The lowest BCUT2D eigenvalue weighted by Gasteiger charge is -2.28. The molecule has 11 nitrogen and oxygen atoms in total. The van der Waals surface area contributed by atoms with E-state index in [1.807, 2.05) is 27.1 Å². The average Bonchev–Trinajstić information content (AvgIpc) is 3.26. The van der Waals surface area contributed by atoms with Crippen molar-refractivity contribution in [2.45, 2.75) is 52.7 Å². The highest BCUT2D eigenvalue weighted by Gasteiger charge is 2.72. The Hall–Kier alpha value is -4.10. The molecule has 13 heteroatoms. The van der Waals surface area contributed by atoms with E-state index in [1.165, 1.54) is 24.0 Å². The Morgan fingerprint density at radius 3 is 2.51 bits per heavy atom. The molecule has 2 amide bonds. The molecule has 1 saturated heterocycles. The number of carbonyl (C=O) groups excluding carboxylic acids is 3. The molecule has 4 aromatic rings. The van der Waals surface area contributed by atoms with Gasteiger partial charge in [0.25, 0.3) is 0 Å². The van der Waals surface area contributed by atoms with Gasteiger partial charge in [-0.1, -0.05) is 13.0 Å². The molecule has 1 aliphatic carbocycles.